The largest absolute Gasteiger partial charge is 0.496 e. The molecule has 2 aromatic rings. The number of anilines is 1. The van der Waals surface area contributed by atoms with Crippen LogP contribution in [0.1, 0.15) is 11.5 Å². The van der Waals surface area contributed by atoms with Crippen LogP contribution in [0.25, 0.3) is 0 Å². The lowest BCUT2D eigenvalue weighted by atomic mass is 10.2. The van der Waals surface area contributed by atoms with E-state index in [-0.39, 0.29) is 18.0 Å². The molecule has 1 aromatic carbocycles. The van der Waals surface area contributed by atoms with Gasteiger partial charge in [-0.2, -0.15) is 5.26 Å². The average Bonchev–Trinajstić information content (AvgIpc) is 2.92. The molecule has 1 aromatic heterocycles. The first-order valence-electron chi connectivity index (χ1n) is 5.69. The van der Waals surface area contributed by atoms with E-state index in [0.717, 1.165) is 0 Å². The molecule has 0 fully saturated rings. The standard InChI is InChI=1S/C13H11N3O4/c1-19-9-4-5-12(13(6-9)16(17)18)15-8-11-3-2-10(7-14)20-11/h2-6,15H,8H2,1H3. The summed E-state index contributed by atoms with van der Waals surface area (Å²) in [5.41, 5.74) is 0.266. The summed E-state index contributed by atoms with van der Waals surface area (Å²) in [6.07, 6.45) is 0. The second kappa shape index (κ2) is 5.75. The molecular formula is C13H11N3O4. The number of furan rings is 1. The molecule has 0 saturated carbocycles. The van der Waals surface area contributed by atoms with E-state index in [2.05, 4.69) is 5.32 Å². The maximum Gasteiger partial charge on any atom is 0.296 e. The van der Waals surface area contributed by atoms with Gasteiger partial charge in [-0.05, 0) is 24.3 Å². The predicted octanol–water partition coefficient (Wildman–Crippen LogP) is 2.68. The maximum absolute atomic E-state index is 11.0. The molecule has 7 nitrogen and oxygen atoms in total. The molecule has 0 aliphatic heterocycles. The van der Waals surface area contributed by atoms with E-state index in [4.69, 9.17) is 14.4 Å². The second-order valence-electron chi connectivity index (χ2n) is 3.87. The molecule has 0 bridgehead atoms. The second-order valence-corrected chi connectivity index (χ2v) is 3.87. The minimum absolute atomic E-state index is 0.0867. The van der Waals surface area contributed by atoms with E-state index in [1.54, 1.807) is 24.3 Å². The molecule has 102 valence electrons. The van der Waals surface area contributed by atoms with Gasteiger partial charge in [0.2, 0.25) is 5.76 Å². The summed E-state index contributed by atoms with van der Waals surface area (Å²) in [5, 5.41) is 22.5. The lowest BCUT2D eigenvalue weighted by Crippen LogP contribution is -2.02. The Balaban J connectivity index is 2.16. The van der Waals surface area contributed by atoms with Gasteiger partial charge in [0, 0.05) is 0 Å². The van der Waals surface area contributed by atoms with Crippen molar-refractivity contribution in [3.8, 4) is 11.8 Å². The minimum Gasteiger partial charge on any atom is -0.496 e. The van der Waals surface area contributed by atoms with Gasteiger partial charge in [-0.3, -0.25) is 10.1 Å². The van der Waals surface area contributed by atoms with E-state index < -0.39 is 4.92 Å². The van der Waals surface area contributed by atoms with Crippen LogP contribution in [0.5, 0.6) is 5.75 Å². The van der Waals surface area contributed by atoms with E-state index in [0.29, 0.717) is 17.2 Å². The number of nitrogens with one attached hydrogen (secondary N) is 1. The fourth-order valence-corrected chi connectivity index (χ4v) is 1.65. The molecule has 0 unspecified atom stereocenters. The van der Waals surface area contributed by atoms with Crippen LogP contribution >= 0.6 is 0 Å². The molecule has 7 heteroatoms. The van der Waals surface area contributed by atoms with Gasteiger partial charge >= 0.3 is 0 Å². The third kappa shape index (κ3) is 2.87. The normalized spacial score (nSPS) is 9.80. The molecule has 0 saturated heterocycles. The van der Waals surface area contributed by atoms with Crippen molar-refractivity contribution in [2.45, 2.75) is 6.54 Å². The molecule has 0 aliphatic rings. The number of hydrogen-bond acceptors (Lipinski definition) is 6. The van der Waals surface area contributed by atoms with Gasteiger partial charge in [-0.15, -0.1) is 0 Å². The minimum atomic E-state index is -0.492. The molecule has 0 atom stereocenters. The van der Waals surface area contributed by atoms with Crippen molar-refractivity contribution in [2.75, 3.05) is 12.4 Å². The number of nitro benzene ring substituents is 1. The third-order valence-corrected chi connectivity index (χ3v) is 2.63. The van der Waals surface area contributed by atoms with Gasteiger partial charge in [-0.1, -0.05) is 0 Å². The predicted molar refractivity (Wildman–Crippen MR) is 70.4 cm³/mol. The summed E-state index contributed by atoms with van der Waals surface area (Å²) in [5.74, 6) is 1.13. The van der Waals surface area contributed by atoms with Crippen LogP contribution in [-0.2, 0) is 6.54 Å². The maximum atomic E-state index is 11.0. The first kappa shape index (κ1) is 13.4. The van der Waals surface area contributed by atoms with Crippen molar-refractivity contribution in [3.63, 3.8) is 0 Å². The Kier molecular flexibility index (Phi) is 3.86. The summed E-state index contributed by atoms with van der Waals surface area (Å²) < 4.78 is 10.1. The van der Waals surface area contributed by atoms with Crippen molar-refractivity contribution >= 4 is 11.4 Å². The Morgan fingerprint density at radius 1 is 1.45 bits per heavy atom. The highest BCUT2D eigenvalue weighted by atomic mass is 16.6. The molecule has 1 N–H and O–H groups in total. The van der Waals surface area contributed by atoms with E-state index in [9.17, 15) is 10.1 Å². The van der Waals surface area contributed by atoms with Crippen LogP contribution in [0.4, 0.5) is 11.4 Å². The molecule has 2 rings (SSSR count). The number of nitrogens with zero attached hydrogens (tertiary/aromatic N) is 2. The lowest BCUT2D eigenvalue weighted by molar-refractivity contribution is -0.384. The highest BCUT2D eigenvalue weighted by molar-refractivity contribution is 5.63. The van der Waals surface area contributed by atoms with Crippen molar-refractivity contribution in [2.24, 2.45) is 0 Å². The number of nitro groups is 1. The van der Waals surface area contributed by atoms with Crippen molar-refractivity contribution in [3.05, 3.63) is 52.0 Å². The summed E-state index contributed by atoms with van der Waals surface area (Å²) in [4.78, 5) is 10.5. The molecule has 0 amide bonds. The molecule has 0 aliphatic carbocycles. The third-order valence-electron chi connectivity index (χ3n) is 2.63. The fraction of sp³-hybridized carbons (Fsp3) is 0.154. The molecule has 0 radical (unpaired) electrons. The van der Waals surface area contributed by atoms with Gasteiger partial charge < -0.3 is 14.5 Å². The van der Waals surface area contributed by atoms with E-state index in [1.165, 1.54) is 13.2 Å². The summed E-state index contributed by atoms with van der Waals surface area (Å²) >= 11 is 0. The van der Waals surface area contributed by atoms with Crippen LogP contribution in [0.2, 0.25) is 0 Å². The monoisotopic (exact) mass is 273 g/mol. The van der Waals surface area contributed by atoms with Gasteiger partial charge in [0.25, 0.3) is 5.69 Å². The highest BCUT2D eigenvalue weighted by Crippen LogP contribution is 2.29. The Morgan fingerprint density at radius 3 is 2.85 bits per heavy atom. The fourth-order valence-electron chi connectivity index (χ4n) is 1.65. The quantitative estimate of drug-likeness (QED) is 0.663. The van der Waals surface area contributed by atoms with E-state index in [1.807, 2.05) is 6.07 Å². The van der Waals surface area contributed by atoms with Gasteiger partial charge in [0.1, 0.15) is 23.3 Å². The number of ether oxygens (including phenoxy) is 1. The van der Waals surface area contributed by atoms with Gasteiger partial charge in [0.05, 0.1) is 24.6 Å². The van der Waals surface area contributed by atoms with Crippen LogP contribution in [-0.4, -0.2) is 12.0 Å². The number of rotatable bonds is 5. The number of nitriles is 1. The summed E-state index contributed by atoms with van der Waals surface area (Å²) in [6, 6.07) is 9.57. The average molecular weight is 273 g/mol. The number of methoxy groups -OCH3 is 1. The van der Waals surface area contributed by atoms with Gasteiger partial charge in [-0.25, -0.2) is 0 Å². The molecule has 20 heavy (non-hydrogen) atoms. The Labute approximate surface area is 114 Å². The first-order valence-corrected chi connectivity index (χ1v) is 5.69. The molecule has 1 heterocycles. The van der Waals surface area contributed by atoms with E-state index >= 15 is 0 Å². The Bertz CT molecular complexity index is 672. The zero-order valence-corrected chi connectivity index (χ0v) is 10.6. The van der Waals surface area contributed by atoms with Crippen LogP contribution in [0.3, 0.4) is 0 Å². The zero-order valence-electron chi connectivity index (χ0n) is 10.6. The highest BCUT2D eigenvalue weighted by Gasteiger charge is 2.15. The molecular weight excluding hydrogens is 262 g/mol. The topological polar surface area (TPSA) is 101 Å². The number of benzene rings is 1. The van der Waals surface area contributed by atoms with Crippen molar-refractivity contribution < 1.29 is 14.1 Å². The Morgan fingerprint density at radius 2 is 2.25 bits per heavy atom. The van der Waals surface area contributed by atoms with Gasteiger partial charge in [0.15, 0.2) is 0 Å². The lowest BCUT2D eigenvalue weighted by Gasteiger charge is -2.07. The SMILES string of the molecule is COc1ccc(NCc2ccc(C#N)o2)c([N+](=O)[O-])c1. The first-order chi connectivity index (χ1) is 9.63. The molecule has 0 spiro atoms. The smallest absolute Gasteiger partial charge is 0.296 e. The van der Waals surface area contributed by atoms with Crippen molar-refractivity contribution in [1.29, 1.82) is 5.26 Å². The van der Waals surface area contributed by atoms with Crippen LogP contribution in [0, 0.1) is 21.4 Å². The summed E-state index contributed by atoms with van der Waals surface area (Å²) in [7, 11) is 1.44. The number of hydrogen-bond donors (Lipinski definition) is 1. The Hall–Kier alpha value is -3.01. The van der Waals surface area contributed by atoms with Crippen LogP contribution in [0.15, 0.2) is 34.7 Å². The zero-order chi connectivity index (χ0) is 14.5. The summed E-state index contributed by atoms with van der Waals surface area (Å²) in [6.45, 7) is 0.245. The van der Waals surface area contributed by atoms with Crippen molar-refractivity contribution in [1.82, 2.24) is 0 Å². The van der Waals surface area contributed by atoms with Crippen LogP contribution < -0.4 is 10.1 Å².